The number of carbonyl (C=O) groups is 3. The van der Waals surface area contributed by atoms with E-state index in [2.05, 4.69) is 15.4 Å². The van der Waals surface area contributed by atoms with Crippen molar-refractivity contribution in [2.75, 3.05) is 19.0 Å². The molecule has 1 aromatic carbocycles. The molecule has 1 aliphatic rings. The first kappa shape index (κ1) is 18.9. The molecule has 6 nitrogen and oxygen atoms in total. The second-order valence-corrected chi connectivity index (χ2v) is 6.29. The van der Waals surface area contributed by atoms with Gasteiger partial charge in [0.1, 0.15) is 5.82 Å². The summed E-state index contributed by atoms with van der Waals surface area (Å²) in [6.07, 6.45) is 2.29. The van der Waals surface area contributed by atoms with Gasteiger partial charge < -0.3 is 15.4 Å². The van der Waals surface area contributed by atoms with Gasteiger partial charge in [0.15, 0.2) is 0 Å². The van der Waals surface area contributed by atoms with Gasteiger partial charge in [-0.3, -0.25) is 14.4 Å². The van der Waals surface area contributed by atoms with Crippen LogP contribution in [0.4, 0.5) is 10.1 Å². The minimum atomic E-state index is -0.548. The number of nitrogens with one attached hydrogen (secondary N) is 2. The quantitative estimate of drug-likeness (QED) is 0.557. The second kappa shape index (κ2) is 8.60. The molecule has 0 spiro atoms. The van der Waals surface area contributed by atoms with Gasteiger partial charge in [0.2, 0.25) is 5.91 Å². The normalized spacial score (nSPS) is 18.4. The lowest BCUT2D eigenvalue weighted by Crippen LogP contribution is -2.26. The first-order valence-corrected chi connectivity index (χ1v) is 8.37. The monoisotopic (exact) mass is 350 g/mol. The molecule has 2 unspecified atom stereocenters. The number of hydrogen-bond acceptors (Lipinski definition) is 4. The predicted octanol–water partition coefficient (Wildman–Crippen LogP) is 2.49. The standard InChI is InChI=1S/C18H23FN2O4/c1-11-9-13(11)18(24)21-15-7-6-12(19)10-14(15)17(23)20-8-4-3-5-16(22)25-2/h6-7,10-11,13H,3-5,8-9H2,1-2H3,(H,20,23)(H,21,24). The van der Waals surface area contributed by atoms with Gasteiger partial charge in [0, 0.05) is 18.9 Å². The highest BCUT2D eigenvalue weighted by molar-refractivity contribution is 6.04. The van der Waals surface area contributed by atoms with Gasteiger partial charge in [-0.25, -0.2) is 4.39 Å². The Kier molecular flexibility index (Phi) is 6.50. The van der Waals surface area contributed by atoms with E-state index in [4.69, 9.17) is 0 Å². The number of rotatable bonds is 8. The second-order valence-electron chi connectivity index (χ2n) is 6.29. The molecule has 1 saturated carbocycles. The molecule has 0 bridgehead atoms. The maximum atomic E-state index is 13.5. The summed E-state index contributed by atoms with van der Waals surface area (Å²) in [4.78, 5) is 35.3. The zero-order valence-corrected chi connectivity index (χ0v) is 14.4. The fraction of sp³-hybridized carbons (Fsp3) is 0.500. The molecule has 1 aromatic rings. The minimum Gasteiger partial charge on any atom is -0.469 e. The number of esters is 1. The van der Waals surface area contributed by atoms with Gasteiger partial charge in [-0.15, -0.1) is 0 Å². The van der Waals surface area contributed by atoms with Crippen LogP contribution in [0.2, 0.25) is 0 Å². The molecule has 0 aliphatic heterocycles. The third-order valence-corrected chi connectivity index (χ3v) is 4.25. The maximum Gasteiger partial charge on any atom is 0.305 e. The first-order chi connectivity index (χ1) is 11.9. The molecule has 2 atom stereocenters. The van der Waals surface area contributed by atoms with Crippen LogP contribution in [0.5, 0.6) is 0 Å². The van der Waals surface area contributed by atoms with Gasteiger partial charge in [-0.2, -0.15) is 0 Å². The van der Waals surface area contributed by atoms with Gasteiger partial charge in [-0.1, -0.05) is 6.92 Å². The van der Waals surface area contributed by atoms with Crippen LogP contribution in [-0.2, 0) is 14.3 Å². The summed E-state index contributed by atoms with van der Waals surface area (Å²) < 4.78 is 18.0. The molecular weight excluding hydrogens is 327 g/mol. The SMILES string of the molecule is COC(=O)CCCCNC(=O)c1cc(F)ccc1NC(=O)C1CC1C. The number of carbonyl (C=O) groups excluding carboxylic acids is 3. The smallest absolute Gasteiger partial charge is 0.305 e. The predicted molar refractivity (Wildman–Crippen MR) is 90.5 cm³/mol. The average molecular weight is 350 g/mol. The van der Waals surface area contributed by atoms with Crippen molar-refractivity contribution in [3.05, 3.63) is 29.6 Å². The van der Waals surface area contributed by atoms with E-state index < -0.39 is 11.7 Å². The number of unbranched alkanes of at least 4 members (excludes halogenated alkanes) is 1. The van der Waals surface area contributed by atoms with Gasteiger partial charge in [0.25, 0.3) is 5.91 Å². The largest absolute Gasteiger partial charge is 0.469 e. The van der Waals surface area contributed by atoms with E-state index in [0.29, 0.717) is 31.0 Å². The van der Waals surface area contributed by atoms with Crippen LogP contribution >= 0.6 is 0 Å². The number of amides is 2. The number of anilines is 1. The Labute approximate surface area is 146 Å². The van der Waals surface area contributed by atoms with E-state index in [0.717, 1.165) is 12.5 Å². The lowest BCUT2D eigenvalue weighted by Gasteiger charge is -2.12. The lowest BCUT2D eigenvalue weighted by molar-refractivity contribution is -0.140. The highest BCUT2D eigenvalue weighted by atomic mass is 19.1. The van der Waals surface area contributed by atoms with Crippen molar-refractivity contribution in [2.45, 2.75) is 32.6 Å². The summed E-state index contributed by atoms with van der Waals surface area (Å²) in [5.74, 6) is -1.15. The van der Waals surface area contributed by atoms with Crippen LogP contribution in [0.1, 0.15) is 43.0 Å². The van der Waals surface area contributed by atoms with Gasteiger partial charge in [0.05, 0.1) is 18.4 Å². The summed E-state index contributed by atoms with van der Waals surface area (Å²) >= 11 is 0. The zero-order chi connectivity index (χ0) is 18.4. The Hall–Kier alpha value is -2.44. The van der Waals surface area contributed by atoms with Crippen LogP contribution in [0.25, 0.3) is 0 Å². The fourth-order valence-corrected chi connectivity index (χ4v) is 2.52. The molecule has 0 heterocycles. The van der Waals surface area contributed by atoms with Gasteiger partial charge >= 0.3 is 5.97 Å². The fourth-order valence-electron chi connectivity index (χ4n) is 2.52. The molecule has 2 N–H and O–H groups in total. The van der Waals surface area contributed by atoms with Crippen LogP contribution in [0.15, 0.2) is 18.2 Å². The Morgan fingerprint density at radius 3 is 2.64 bits per heavy atom. The molecule has 7 heteroatoms. The Morgan fingerprint density at radius 2 is 2.00 bits per heavy atom. The van der Waals surface area contributed by atoms with Crippen LogP contribution in [0.3, 0.4) is 0 Å². The number of hydrogen-bond donors (Lipinski definition) is 2. The topological polar surface area (TPSA) is 84.5 Å². The highest BCUT2D eigenvalue weighted by Crippen LogP contribution is 2.38. The van der Waals surface area contributed by atoms with E-state index in [1.165, 1.54) is 19.2 Å². The third kappa shape index (κ3) is 5.55. The molecule has 1 fully saturated rings. The Bertz CT molecular complexity index is 662. The van der Waals surface area contributed by atoms with Crippen LogP contribution in [-0.4, -0.2) is 31.4 Å². The van der Waals surface area contributed by atoms with Crippen LogP contribution in [0, 0.1) is 17.7 Å². The molecular formula is C18H23FN2O4. The number of ether oxygens (including phenoxy) is 1. The summed E-state index contributed by atoms with van der Waals surface area (Å²) in [6.45, 7) is 2.33. The van der Waals surface area contributed by atoms with Gasteiger partial charge in [-0.05, 0) is 43.4 Å². The van der Waals surface area contributed by atoms with E-state index in [1.807, 2.05) is 6.92 Å². The maximum absolute atomic E-state index is 13.5. The van der Waals surface area contributed by atoms with Crippen molar-refractivity contribution < 1.29 is 23.5 Å². The molecule has 0 radical (unpaired) electrons. The first-order valence-electron chi connectivity index (χ1n) is 8.37. The van der Waals surface area contributed by atoms with E-state index in [1.54, 1.807) is 0 Å². The summed E-state index contributed by atoms with van der Waals surface area (Å²) in [7, 11) is 1.33. The van der Waals surface area contributed by atoms with Crippen molar-refractivity contribution in [3.63, 3.8) is 0 Å². The summed E-state index contributed by atoms with van der Waals surface area (Å²) in [5, 5.41) is 5.38. The number of halogens is 1. The van der Waals surface area contributed by atoms with Crippen LogP contribution < -0.4 is 10.6 Å². The molecule has 136 valence electrons. The lowest BCUT2D eigenvalue weighted by atomic mass is 10.1. The molecule has 25 heavy (non-hydrogen) atoms. The molecule has 2 amide bonds. The molecule has 1 aliphatic carbocycles. The Morgan fingerprint density at radius 1 is 1.28 bits per heavy atom. The van der Waals surface area contributed by atoms with Crippen molar-refractivity contribution in [2.24, 2.45) is 11.8 Å². The Balaban J connectivity index is 1.90. The van der Waals surface area contributed by atoms with Crippen molar-refractivity contribution in [1.29, 1.82) is 0 Å². The zero-order valence-electron chi connectivity index (χ0n) is 14.4. The summed E-state index contributed by atoms with van der Waals surface area (Å²) in [6, 6.07) is 3.71. The molecule has 0 aromatic heterocycles. The average Bonchev–Trinajstić information content (AvgIpc) is 3.32. The van der Waals surface area contributed by atoms with Crippen molar-refractivity contribution in [3.8, 4) is 0 Å². The molecule has 2 rings (SSSR count). The van der Waals surface area contributed by atoms with Crippen molar-refractivity contribution >= 4 is 23.5 Å². The number of methoxy groups -OCH3 is 1. The van der Waals surface area contributed by atoms with Crippen molar-refractivity contribution in [1.82, 2.24) is 5.32 Å². The van der Waals surface area contributed by atoms with E-state index >= 15 is 0 Å². The van der Waals surface area contributed by atoms with E-state index in [-0.39, 0.29) is 29.8 Å². The van der Waals surface area contributed by atoms with E-state index in [9.17, 15) is 18.8 Å². The summed E-state index contributed by atoms with van der Waals surface area (Å²) in [5.41, 5.74) is 0.396. The minimum absolute atomic E-state index is 0.0423. The third-order valence-electron chi connectivity index (χ3n) is 4.25. The number of benzene rings is 1. The highest BCUT2D eigenvalue weighted by Gasteiger charge is 2.39. The molecule has 0 saturated heterocycles.